The highest BCUT2D eigenvalue weighted by molar-refractivity contribution is 5.83. The normalized spacial score (nSPS) is 15.5. The summed E-state index contributed by atoms with van der Waals surface area (Å²) in [5.41, 5.74) is 20.0. The van der Waals surface area contributed by atoms with Gasteiger partial charge in [-0.25, -0.2) is 0 Å². The molecule has 0 saturated heterocycles. The third-order valence-corrected chi connectivity index (χ3v) is 1.24. The van der Waals surface area contributed by atoms with E-state index >= 15 is 0 Å². The van der Waals surface area contributed by atoms with Crippen LogP contribution in [0.25, 0.3) is 0 Å². The van der Waals surface area contributed by atoms with Crippen molar-refractivity contribution in [2.45, 2.75) is 18.5 Å². The Morgan fingerprint density at radius 2 is 1.27 bits per heavy atom. The first kappa shape index (κ1) is 9.86. The number of carbonyl (C=O) groups is 2. The monoisotopic (exact) mass is 160 g/mol. The molecule has 0 radical (unpaired) electrons. The summed E-state index contributed by atoms with van der Waals surface area (Å²) in [6.45, 7) is 0. The van der Waals surface area contributed by atoms with Gasteiger partial charge < -0.3 is 22.9 Å². The molecule has 0 aliphatic rings. The molecule has 2 amide bonds. The molecule has 0 rings (SSSR count). The SMILES string of the molecule is NC(=O)C(N)CC(N)C(N)=O. The van der Waals surface area contributed by atoms with Gasteiger partial charge in [-0.1, -0.05) is 0 Å². The van der Waals surface area contributed by atoms with E-state index in [0.29, 0.717) is 0 Å². The van der Waals surface area contributed by atoms with Crippen molar-refractivity contribution in [1.82, 2.24) is 0 Å². The van der Waals surface area contributed by atoms with Crippen LogP contribution in [-0.4, -0.2) is 23.9 Å². The number of primary amides is 2. The summed E-state index contributed by atoms with van der Waals surface area (Å²) in [4.78, 5) is 20.7. The number of nitrogens with two attached hydrogens (primary N) is 4. The molecule has 0 saturated carbocycles. The Morgan fingerprint density at radius 3 is 1.45 bits per heavy atom. The molecule has 0 bridgehead atoms. The lowest BCUT2D eigenvalue weighted by Crippen LogP contribution is -2.46. The lowest BCUT2D eigenvalue weighted by molar-refractivity contribution is -0.121. The molecule has 0 spiro atoms. The highest BCUT2D eigenvalue weighted by atomic mass is 16.2. The molecule has 64 valence electrons. The minimum atomic E-state index is -0.905. The highest BCUT2D eigenvalue weighted by Gasteiger charge is 2.17. The van der Waals surface area contributed by atoms with Crippen molar-refractivity contribution in [1.29, 1.82) is 0 Å². The lowest BCUT2D eigenvalue weighted by atomic mass is 10.1. The van der Waals surface area contributed by atoms with Crippen molar-refractivity contribution >= 4 is 11.8 Å². The quantitative estimate of drug-likeness (QED) is 0.348. The Kier molecular flexibility index (Phi) is 3.49. The van der Waals surface area contributed by atoms with Gasteiger partial charge in [0.05, 0.1) is 12.1 Å². The van der Waals surface area contributed by atoms with Crippen LogP contribution in [0.15, 0.2) is 0 Å². The Bertz CT molecular complexity index is 152. The van der Waals surface area contributed by atoms with Crippen LogP contribution in [0.4, 0.5) is 0 Å². The van der Waals surface area contributed by atoms with Crippen LogP contribution in [0.1, 0.15) is 6.42 Å². The number of amides is 2. The Morgan fingerprint density at radius 1 is 1.00 bits per heavy atom. The molecule has 2 unspecified atom stereocenters. The molecular weight excluding hydrogens is 148 g/mol. The summed E-state index contributed by atoms with van der Waals surface area (Å²) in [5.74, 6) is -1.39. The third-order valence-electron chi connectivity index (χ3n) is 1.24. The van der Waals surface area contributed by atoms with E-state index < -0.39 is 23.9 Å². The Hall–Kier alpha value is -1.14. The predicted octanol–water partition coefficient (Wildman–Crippen LogP) is -3.00. The van der Waals surface area contributed by atoms with Crippen LogP contribution in [-0.2, 0) is 9.59 Å². The number of carbonyl (C=O) groups excluding carboxylic acids is 2. The van der Waals surface area contributed by atoms with Crippen LogP contribution in [0.2, 0.25) is 0 Å². The largest absolute Gasteiger partial charge is 0.368 e. The van der Waals surface area contributed by atoms with E-state index in [-0.39, 0.29) is 6.42 Å². The van der Waals surface area contributed by atoms with Gasteiger partial charge in [0.25, 0.3) is 0 Å². The van der Waals surface area contributed by atoms with Gasteiger partial charge in [0.15, 0.2) is 0 Å². The lowest BCUT2D eigenvalue weighted by Gasteiger charge is -2.10. The zero-order chi connectivity index (χ0) is 9.02. The average molecular weight is 160 g/mol. The summed E-state index contributed by atoms with van der Waals surface area (Å²) in [6, 6.07) is -1.81. The first-order valence-corrected chi connectivity index (χ1v) is 3.05. The topological polar surface area (TPSA) is 138 Å². The maximum Gasteiger partial charge on any atom is 0.234 e. The summed E-state index contributed by atoms with van der Waals surface area (Å²) in [5, 5.41) is 0. The summed E-state index contributed by atoms with van der Waals surface area (Å²) in [7, 11) is 0. The maximum atomic E-state index is 10.3. The third kappa shape index (κ3) is 3.54. The minimum absolute atomic E-state index is 0.00926. The Labute approximate surface area is 63.9 Å². The van der Waals surface area contributed by atoms with Gasteiger partial charge in [0.2, 0.25) is 11.8 Å². The Balaban J connectivity index is 3.84. The molecule has 11 heavy (non-hydrogen) atoms. The van der Waals surface area contributed by atoms with E-state index in [2.05, 4.69) is 0 Å². The molecular formula is C5H12N4O2. The zero-order valence-electron chi connectivity index (χ0n) is 5.99. The standard InChI is InChI=1S/C5H12N4O2/c6-2(4(8)10)1-3(7)5(9)11/h2-3H,1,6-7H2,(H2,8,10)(H2,9,11). The summed E-state index contributed by atoms with van der Waals surface area (Å²) in [6.07, 6.45) is -0.00926. The van der Waals surface area contributed by atoms with Gasteiger partial charge in [-0.2, -0.15) is 0 Å². The molecule has 0 aromatic heterocycles. The van der Waals surface area contributed by atoms with Crippen molar-refractivity contribution in [3.8, 4) is 0 Å². The fraction of sp³-hybridized carbons (Fsp3) is 0.600. The molecule has 6 nitrogen and oxygen atoms in total. The maximum absolute atomic E-state index is 10.3. The van der Waals surface area contributed by atoms with Gasteiger partial charge in [-0.15, -0.1) is 0 Å². The number of rotatable bonds is 4. The molecule has 8 N–H and O–H groups in total. The van der Waals surface area contributed by atoms with Crippen molar-refractivity contribution in [3.05, 3.63) is 0 Å². The number of hydrogen-bond acceptors (Lipinski definition) is 4. The summed E-state index contributed by atoms with van der Waals surface area (Å²) < 4.78 is 0. The molecule has 6 heteroatoms. The fourth-order valence-electron chi connectivity index (χ4n) is 0.506. The second kappa shape index (κ2) is 3.89. The van der Waals surface area contributed by atoms with Crippen LogP contribution >= 0.6 is 0 Å². The fourth-order valence-corrected chi connectivity index (χ4v) is 0.506. The molecule has 2 atom stereocenters. The molecule has 0 aliphatic heterocycles. The van der Waals surface area contributed by atoms with E-state index in [1.807, 2.05) is 0 Å². The summed E-state index contributed by atoms with van der Waals surface area (Å²) >= 11 is 0. The first-order valence-electron chi connectivity index (χ1n) is 3.05. The molecule has 0 aromatic carbocycles. The second-order valence-electron chi connectivity index (χ2n) is 2.25. The van der Waals surface area contributed by atoms with Crippen molar-refractivity contribution in [2.24, 2.45) is 22.9 Å². The van der Waals surface area contributed by atoms with Gasteiger partial charge in [0.1, 0.15) is 0 Å². The minimum Gasteiger partial charge on any atom is -0.368 e. The van der Waals surface area contributed by atoms with Gasteiger partial charge in [-0.05, 0) is 6.42 Å². The van der Waals surface area contributed by atoms with E-state index in [1.165, 1.54) is 0 Å². The van der Waals surface area contributed by atoms with E-state index in [4.69, 9.17) is 22.9 Å². The van der Waals surface area contributed by atoms with Crippen LogP contribution < -0.4 is 22.9 Å². The van der Waals surface area contributed by atoms with E-state index in [9.17, 15) is 9.59 Å². The van der Waals surface area contributed by atoms with Crippen molar-refractivity contribution in [2.75, 3.05) is 0 Å². The van der Waals surface area contributed by atoms with Crippen LogP contribution in [0.5, 0.6) is 0 Å². The first-order chi connectivity index (χ1) is 4.95. The smallest absolute Gasteiger partial charge is 0.234 e. The van der Waals surface area contributed by atoms with Gasteiger partial charge in [0, 0.05) is 0 Å². The highest BCUT2D eigenvalue weighted by Crippen LogP contribution is 1.91. The van der Waals surface area contributed by atoms with Gasteiger partial charge in [-0.3, -0.25) is 9.59 Å². The molecule has 0 fully saturated rings. The molecule has 0 aliphatic carbocycles. The molecule has 0 heterocycles. The number of hydrogen-bond donors (Lipinski definition) is 4. The van der Waals surface area contributed by atoms with E-state index in [0.717, 1.165) is 0 Å². The van der Waals surface area contributed by atoms with Crippen molar-refractivity contribution < 1.29 is 9.59 Å². The van der Waals surface area contributed by atoms with E-state index in [1.54, 1.807) is 0 Å². The average Bonchev–Trinajstić information content (AvgIpc) is 1.87. The second-order valence-corrected chi connectivity index (χ2v) is 2.25. The van der Waals surface area contributed by atoms with Crippen LogP contribution in [0, 0.1) is 0 Å². The van der Waals surface area contributed by atoms with Crippen molar-refractivity contribution in [3.63, 3.8) is 0 Å². The molecule has 0 aromatic rings. The predicted molar refractivity (Wildman–Crippen MR) is 39.0 cm³/mol. The van der Waals surface area contributed by atoms with Crippen LogP contribution in [0.3, 0.4) is 0 Å². The van der Waals surface area contributed by atoms with Gasteiger partial charge >= 0.3 is 0 Å². The zero-order valence-corrected chi connectivity index (χ0v) is 5.99.